The zero-order valence-corrected chi connectivity index (χ0v) is 15.1. The second-order valence-corrected chi connectivity index (χ2v) is 7.52. The first-order valence-electron chi connectivity index (χ1n) is 7.95. The predicted molar refractivity (Wildman–Crippen MR) is 94.1 cm³/mol. The molecule has 1 aromatic carbocycles. The number of halogens is 2. The summed E-state index contributed by atoms with van der Waals surface area (Å²) in [7, 11) is 0. The molecule has 1 unspecified atom stereocenters. The van der Waals surface area contributed by atoms with Gasteiger partial charge >= 0.3 is 0 Å². The van der Waals surface area contributed by atoms with Crippen LogP contribution in [-0.4, -0.2) is 10.9 Å². The summed E-state index contributed by atoms with van der Waals surface area (Å²) in [4.78, 5) is 16.2. The zero-order valence-electron chi connectivity index (χ0n) is 14.3. The number of hydrogen-bond acceptors (Lipinski definition) is 3. The number of nitrogens with zero attached hydrogens (tertiary/aromatic N) is 1. The highest BCUT2D eigenvalue weighted by Crippen LogP contribution is 2.31. The van der Waals surface area contributed by atoms with Crippen LogP contribution >= 0.6 is 11.3 Å². The summed E-state index contributed by atoms with van der Waals surface area (Å²) in [5.74, 6) is 0.262. The molecule has 1 atom stereocenters. The highest BCUT2D eigenvalue weighted by Gasteiger charge is 2.24. The van der Waals surface area contributed by atoms with Crippen LogP contribution in [0.1, 0.15) is 65.5 Å². The molecule has 24 heavy (non-hydrogen) atoms. The third-order valence-corrected chi connectivity index (χ3v) is 4.72. The van der Waals surface area contributed by atoms with Crippen LogP contribution in [0.2, 0.25) is 0 Å². The third-order valence-electron chi connectivity index (χ3n) is 3.74. The largest absolute Gasteiger partial charge is 0.321 e. The molecule has 2 aromatic rings. The normalized spacial score (nSPS) is 12.7. The second-order valence-electron chi connectivity index (χ2n) is 6.32. The van der Waals surface area contributed by atoms with E-state index >= 15 is 0 Å². The molecule has 6 heteroatoms. The molecule has 0 bridgehead atoms. The molecule has 0 aliphatic rings. The van der Waals surface area contributed by atoms with E-state index < -0.39 is 18.0 Å². The number of rotatable bonds is 6. The molecule has 1 heterocycles. The summed E-state index contributed by atoms with van der Waals surface area (Å²) in [5, 5.41) is 3.24. The maximum Gasteiger partial charge on any atom is 0.282 e. The molecule has 3 nitrogen and oxygen atoms in total. The number of aryl methyl sites for hydroxylation is 1. The lowest BCUT2D eigenvalue weighted by molar-refractivity contribution is 0.101. The number of benzene rings is 1. The van der Waals surface area contributed by atoms with E-state index in [-0.39, 0.29) is 10.8 Å². The van der Waals surface area contributed by atoms with Crippen LogP contribution in [0.5, 0.6) is 0 Å². The Morgan fingerprint density at radius 1 is 1.25 bits per heavy atom. The molecule has 0 fully saturated rings. The molecule has 1 aromatic heterocycles. The molecule has 0 saturated heterocycles. The van der Waals surface area contributed by atoms with Gasteiger partial charge < -0.3 is 5.32 Å². The Labute approximate surface area is 145 Å². The number of amides is 1. The van der Waals surface area contributed by atoms with E-state index in [0.29, 0.717) is 16.6 Å². The molecule has 0 aliphatic carbocycles. The molecular weight excluding hydrogens is 330 g/mol. The average molecular weight is 352 g/mol. The summed E-state index contributed by atoms with van der Waals surface area (Å²) in [6.07, 6.45) is -1.78. The number of para-hydroxylation sites is 1. The van der Waals surface area contributed by atoms with E-state index in [9.17, 15) is 13.6 Å². The standard InChI is InChI=1S/C18H22F2N2OS/c1-10(2)9-11(3)13-7-5-6-8-14(13)22-18(23)16-15(17(19)20)21-12(4)24-16/h5-8,10-11,17H,9H2,1-4H3,(H,22,23). The Balaban J connectivity index is 2.27. The first-order valence-corrected chi connectivity index (χ1v) is 8.77. The third kappa shape index (κ3) is 4.38. The number of alkyl halides is 2. The Morgan fingerprint density at radius 3 is 2.54 bits per heavy atom. The second kappa shape index (κ2) is 7.83. The van der Waals surface area contributed by atoms with Gasteiger partial charge in [-0.1, -0.05) is 39.0 Å². The van der Waals surface area contributed by atoms with E-state index in [1.165, 1.54) is 0 Å². The minimum Gasteiger partial charge on any atom is -0.321 e. The van der Waals surface area contributed by atoms with Crippen LogP contribution < -0.4 is 5.32 Å². The topological polar surface area (TPSA) is 42.0 Å². The number of nitrogens with one attached hydrogen (secondary N) is 1. The van der Waals surface area contributed by atoms with Gasteiger partial charge in [0.2, 0.25) is 0 Å². The fourth-order valence-electron chi connectivity index (χ4n) is 2.81. The summed E-state index contributed by atoms with van der Waals surface area (Å²) >= 11 is 0.992. The Bertz CT molecular complexity index is 713. The lowest BCUT2D eigenvalue weighted by Gasteiger charge is -2.18. The molecule has 130 valence electrons. The van der Waals surface area contributed by atoms with Crippen molar-refractivity contribution in [2.75, 3.05) is 5.32 Å². The Hall–Kier alpha value is -1.82. The van der Waals surface area contributed by atoms with Crippen molar-refractivity contribution < 1.29 is 13.6 Å². The van der Waals surface area contributed by atoms with Crippen molar-refractivity contribution in [3.8, 4) is 0 Å². The monoisotopic (exact) mass is 352 g/mol. The summed E-state index contributed by atoms with van der Waals surface area (Å²) in [5.41, 5.74) is 1.24. The SMILES string of the molecule is Cc1nc(C(F)F)c(C(=O)Nc2ccccc2C(C)CC(C)C)s1. The van der Waals surface area contributed by atoms with E-state index in [4.69, 9.17) is 0 Å². The summed E-state index contributed by atoms with van der Waals surface area (Å²) < 4.78 is 26.1. The summed E-state index contributed by atoms with van der Waals surface area (Å²) in [6, 6.07) is 7.52. The van der Waals surface area contributed by atoms with Crippen LogP contribution in [0.4, 0.5) is 14.5 Å². The van der Waals surface area contributed by atoms with Crippen molar-refractivity contribution in [1.29, 1.82) is 0 Å². The van der Waals surface area contributed by atoms with Crippen LogP contribution in [-0.2, 0) is 0 Å². The Kier molecular flexibility index (Phi) is 6.04. The number of aromatic nitrogens is 1. The van der Waals surface area contributed by atoms with Crippen LogP contribution in [0, 0.1) is 12.8 Å². The van der Waals surface area contributed by atoms with Crippen LogP contribution in [0.15, 0.2) is 24.3 Å². The number of carbonyl (C=O) groups excluding carboxylic acids is 1. The molecule has 0 radical (unpaired) electrons. The highest BCUT2D eigenvalue weighted by atomic mass is 32.1. The summed E-state index contributed by atoms with van der Waals surface area (Å²) in [6.45, 7) is 8.01. The van der Waals surface area contributed by atoms with Crippen molar-refractivity contribution in [3.05, 3.63) is 45.4 Å². The molecule has 0 saturated carbocycles. The van der Waals surface area contributed by atoms with Gasteiger partial charge in [0.15, 0.2) is 0 Å². The first kappa shape index (κ1) is 18.5. The van der Waals surface area contributed by atoms with Gasteiger partial charge in [0.25, 0.3) is 12.3 Å². The fourth-order valence-corrected chi connectivity index (χ4v) is 3.63. The average Bonchev–Trinajstić information content (AvgIpc) is 2.89. The smallest absolute Gasteiger partial charge is 0.282 e. The van der Waals surface area contributed by atoms with Crippen molar-refractivity contribution in [3.63, 3.8) is 0 Å². The molecule has 0 aliphatic heterocycles. The lowest BCUT2D eigenvalue weighted by Crippen LogP contribution is -2.15. The van der Waals surface area contributed by atoms with E-state index in [1.54, 1.807) is 13.0 Å². The molecule has 2 rings (SSSR count). The maximum atomic E-state index is 13.1. The lowest BCUT2D eigenvalue weighted by atomic mass is 9.91. The van der Waals surface area contributed by atoms with Gasteiger partial charge in [-0.2, -0.15) is 0 Å². The van der Waals surface area contributed by atoms with Crippen LogP contribution in [0.3, 0.4) is 0 Å². The Morgan fingerprint density at radius 2 is 1.92 bits per heavy atom. The van der Waals surface area contributed by atoms with Gasteiger partial charge in [0.05, 0.1) is 5.01 Å². The quantitative estimate of drug-likeness (QED) is 0.715. The van der Waals surface area contributed by atoms with Gasteiger partial charge in [-0.15, -0.1) is 11.3 Å². The van der Waals surface area contributed by atoms with E-state index in [2.05, 4.69) is 31.1 Å². The number of hydrogen-bond donors (Lipinski definition) is 1. The maximum absolute atomic E-state index is 13.1. The minimum absolute atomic E-state index is 0.0196. The number of carbonyl (C=O) groups is 1. The molecular formula is C18H22F2N2OS. The van der Waals surface area contributed by atoms with Crippen molar-refractivity contribution in [2.24, 2.45) is 5.92 Å². The van der Waals surface area contributed by atoms with Crippen LogP contribution in [0.25, 0.3) is 0 Å². The number of anilines is 1. The van der Waals surface area contributed by atoms with E-state index in [0.717, 1.165) is 23.3 Å². The zero-order chi connectivity index (χ0) is 17.9. The van der Waals surface area contributed by atoms with Gasteiger partial charge in [-0.25, -0.2) is 13.8 Å². The minimum atomic E-state index is -2.76. The predicted octanol–water partition coefficient (Wildman–Crippen LogP) is 5.79. The molecule has 0 spiro atoms. The molecule has 1 amide bonds. The van der Waals surface area contributed by atoms with Gasteiger partial charge in [-0.05, 0) is 36.8 Å². The van der Waals surface area contributed by atoms with Gasteiger partial charge in [-0.3, -0.25) is 4.79 Å². The molecule has 1 N–H and O–H groups in total. The van der Waals surface area contributed by atoms with Gasteiger partial charge in [0, 0.05) is 5.69 Å². The number of thiazole rings is 1. The van der Waals surface area contributed by atoms with Crippen molar-refractivity contribution in [2.45, 2.75) is 46.5 Å². The fraction of sp³-hybridized carbons (Fsp3) is 0.444. The highest BCUT2D eigenvalue weighted by molar-refractivity contribution is 7.13. The first-order chi connectivity index (χ1) is 11.3. The van der Waals surface area contributed by atoms with E-state index in [1.807, 2.05) is 18.2 Å². The van der Waals surface area contributed by atoms with Gasteiger partial charge in [0.1, 0.15) is 10.6 Å². The van der Waals surface area contributed by atoms with Crippen molar-refractivity contribution >= 4 is 22.9 Å². The van der Waals surface area contributed by atoms with Crippen molar-refractivity contribution in [1.82, 2.24) is 4.98 Å².